The molecule has 1 aromatic carbocycles. The average Bonchev–Trinajstić information content (AvgIpc) is 3.28. The van der Waals surface area contributed by atoms with Crippen molar-refractivity contribution in [2.45, 2.75) is 0 Å². The lowest BCUT2D eigenvalue weighted by Crippen LogP contribution is -2.42. The van der Waals surface area contributed by atoms with Gasteiger partial charge in [-0.1, -0.05) is 33.2 Å². The summed E-state index contributed by atoms with van der Waals surface area (Å²) < 4.78 is 8.21. The molecule has 0 spiro atoms. The third-order valence-corrected chi connectivity index (χ3v) is 5.50. The summed E-state index contributed by atoms with van der Waals surface area (Å²) in [7, 11) is 0. The largest absolute Gasteiger partial charge is 0.386 e. The first kappa shape index (κ1) is 18.1. The van der Waals surface area contributed by atoms with Gasteiger partial charge in [0.1, 0.15) is 0 Å². The van der Waals surface area contributed by atoms with E-state index in [0.29, 0.717) is 26.3 Å². The number of carbonyl (C=O) groups excluding carboxylic acids is 1. The SMILES string of the molecule is O=C(CO/N=C/c1c(-c2ccc(Br)cc2)nc2sccn12)N1CCOCC1. The van der Waals surface area contributed by atoms with Crippen LogP contribution in [-0.4, -0.2) is 59.3 Å². The van der Waals surface area contributed by atoms with Gasteiger partial charge in [0.05, 0.1) is 30.8 Å². The molecular weight excluding hydrogens is 432 g/mol. The van der Waals surface area contributed by atoms with Crippen molar-refractivity contribution in [1.82, 2.24) is 14.3 Å². The number of imidazole rings is 1. The van der Waals surface area contributed by atoms with Gasteiger partial charge < -0.3 is 14.5 Å². The minimum atomic E-state index is -0.0876. The molecular formula is C18H17BrN4O3S. The number of rotatable bonds is 5. The Bertz CT molecular complexity index is 961. The highest BCUT2D eigenvalue weighted by molar-refractivity contribution is 9.10. The van der Waals surface area contributed by atoms with Gasteiger partial charge in [0.25, 0.3) is 5.91 Å². The summed E-state index contributed by atoms with van der Waals surface area (Å²) in [6, 6.07) is 7.94. The van der Waals surface area contributed by atoms with Crippen LogP contribution in [0.25, 0.3) is 16.2 Å². The number of fused-ring (bicyclic) bond motifs is 1. The Hall–Kier alpha value is -2.23. The summed E-state index contributed by atoms with van der Waals surface area (Å²) in [4.78, 5) is 24.6. The first-order valence-corrected chi connectivity index (χ1v) is 10.1. The quantitative estimate of drug-likeness (QED) is 0.444. The minimum absolute atomic E-state index is 0.0856. The van der Waals surface area contributed by atoms with E-state index in [9.17, 15) is 4.79 Å². The zero-order valence-corrected chi connectivity index (χ0v) is 16.8. The molecule has 1 aliphatic heterocycles. The number of aromatic nitrogens is 2. The Labute approximate surface area is 168 Å². The summed E-state index contributed by atoms with van der Waals surface area (Å²) in [6.45, 7) is 2.24. The lowest BCUT2D eigenvalue weighted by molar-refractivity contribution is -0.140. The predicted octanol–water partition coefficient (Wildman–Crippen LogP) is 3.03. The third-order valence-electron chi connectivity index (χ3n) is 4.22. The highest BCUT2D eigenvalue weighted by Gasteiger charge is 2.17. The van der Waals surface area contributed by atoms with Gasteiger partial charge in [0.15, 0.2) is 11.6 Å². The van der Waals surface area contributed by atoms with E-state index in [-0.39, 0.29) is 12.5 Å². The van der Waals surface area contributed by atoms with Gasteiger partial charge in [-0.05, 0) is 12.1 Å². The maximum Gasteiger partial charge on any atom is 0.263 e. The van der Waals surface area contributed by atoms with Crippen molar-refractivity contribution in [3.63, 3.8) is 0 Å². The molecule has 0 saturated carbocycles. The Morgan fingerprint density at radius 1 is 1.33 bits per heavy atom. The smallest absolute Gasteiger partial charge is 0.263 e. The van der Waals surface area contributed by atoms with Crippen molar-refractivity contribution in [2.24, 2.45) is 5.16 Å². The van der Waals surface area contributed by atoms with Crippen LogP contribution in [0, 0.1) is 0 Å². The third kappa shape index (κ3) is 4.05. The molecule has 0 N–H and O–H groups in total. The molecule has 9 heteroatoms. The van der Waals surface area contributed by atoms with E-state index in [1.54, 1.807) is 22.5 Å². The van der Waals surface area contributed by atoms with Crippen molar-refractivity contribution in [3.8, 4) is 11.3 Å². The van der Waals surface area contributed by atoms with Gasteiger partial charge in [0, 0.05) is 34.7 Å². The number of morpholine rings is 1. The van der Waals surface area contributed by atoms with E-state index in [0.717, 1.165) is 26.4 Å². The van der Waals surface area contributed by atoms with Crippen molar-refractivity contribution in [1.29, 1.82) is 0 Å². The lowest BCUT2D eigenvalue weighted by atomic mass is 10.1. The normalized spacial score (nSPS) is 14.9. The molecule has 0 bridgehead atoms. The Balaban J connectivity index is 1.50. The van der Waals surface area contributed by atoms with Crippen molar-refractivity contribution >= 4 is 44.3 Å². The maximum atomic E-state index is 12.1. The standard InChI is InChI=1S/C18H17BrN4O3S/c19-14-3-1-13(2-4-14)17-15(23-7-10-27-18(23)21-17)11-20-26-12-16(24)22-5-8-25-9-6-22/h1-4,7,10-11H,5-6,8-9,12H2/b20-11+. The Morgan fingerprint density at radius 3 is 2.89 bits per heavy atom. The van der Waals surface area contributed by atoms with Crippen LogP contribution in [0.4, 0.5) is 0 Å². The number of thiazole rings is 1. The average molecular weight is 449 g/mol. The van der Waals surface area contributed by atoms with Crippen LogP contribution < -0.4 is 0 Å². The summed E-state index contributed by atoms with van der Waals surface area (Å²) in [5.74, 6) is -0.0856. The Morgan fingerprint density at radius 2 is 2.11 bits per heavy atom. The number of hydrogen-bond acceptors (Lipinski definition) is 6. The molecule has 3 aromatic rings. The first-order valence-electron chi connectivity index (χ1n) is 8.45. The van der Waals surface area contributed by atoms with Crippen LogP contribution in [0.3, 0.4) is 0 Å². The zero-order chi connectivity index (χ0) is 18.6. The number of ether oxygens (including phenoxy) is 1. The highest BCUT2D eigenvalue weighted by atomic mass is 79.9. The van der Waals surface area contributed by atoms with Crippen molar-refractivity contribution in [2.75, 3.05) is 32.9 Å². The van der Waals surface area contributed by atoms with E-state index in [1.807, 2.05) is 40.2 Å². The number of benzene rings is 1. The number of carbonyl (C=O) groups is 1. The van der Waals surface area contributed by atoms with Crippen LogP contribution in [0.15, 0.2) is 45.5 Å². The zero-order valence-electron chi connectivity index (χ0n) is 14.4. The van der Waals surface area contributed by atoms with Crippen LogP contribution in [0.5, 0.6) is 0 Å². The molecule has 7 nitrogen and oxygen atoms in total. The fourth-order valence-corrected chi connectivity index (χ4v) is 3.82. The second-order valence-electron chi connectivity index (χ2n) is 5.91. The topological polar surface area (TPSA) is 68.4 Å². The molecule has 140 valence electrons. The lowest BCUT2D eigenvalue weighted by Gasteiger charge is -2.26. The fraction of sp³-hybridized carbons (Fsp3) is 0.278. The molecule has 1 fully saturated rings. The minimum Gasteiger partial charge on any atom is -0.386 e. The van der Waals surface area contributed by atoms with Gasteiger partial charge in [-0.2, -0.15) is 0 Å². The van der Waals surface area contributed by atoms with E-state index in [4.69, 9.17) is 14.6 Å². The molecule has 2 aromatic heterocycles. The molecule has 1 saturated heterocycles. The van der Waals surface area contributed by atoms with Crippen LogP contribution in [-0.2, 0) is 14.4 Å². The van der Waals surface area contributed by atoms with E-state index in [2.05, 4.69) is 21.1 Å². The number of oxime groups is 1. The maximum absolute atomic E-state index is 12.1. The molecule has 0 unspecified atom stereocenters. The number of nitrogens with zero attached hydrogens (tertiary/aromatic N) is 4. The molecule has 1 aliphatic rings. The molecule has 3 heterocycles. The summed E-state index contributed by atoms with van der Waals surface area (Å²) in [5, 5.41) is 5.98. The number of amides is 1. The van der Waals surface area contributed by atoms with E-state index in [1.165, 1.54) is 0 Å². The van der Waals surface area contributed by atoms with Gasteiger partial charge >= 0.3 is 0 Å². The highest BCUT2D eigenvalue weighted by Crippen LogP contribution is 2.26. The number of halogens is 1. The van der Waals surface area contributed by atoms with E-state index >= 15 is 0 Å². The summed E-state index contributed by atoms with van der Waals surface area (Å²) in [6.07, 6.45) is 3.55. The summed E-state index contributed by atoms with van der Waals surface area (Å²) in [5.41, 5.74) is 2.62. The summed E-state index contributed by atoms with van der Waals surface area (Å²) >= 11 is 5.00. The second kappa shape index (κ2) is 8.20. The van der Waals surface area contributed by atoms with Gasteiger partial charge in [-0.15, -0.1) is 11.3 Å². The van der Waals surface area contributed by atoms with E-state index < -0.39 is 0 Å². The van der Waals surface area contributed by atoms with Crippen molar-refractivity contribution in [3.05, 3.63) is 46.0 Å². The molecule has 0 aliphatic carbocycles. The Kier molecular flexibility index (Phi) is 5.51. The van der Waals surface area contributed by atoms with Gasteiger partial charge in [-0.25, -0.2) is 4.98 Å². The monoisotopic (exact) mass is 448 g/mol. The predicted molar refractivity (Wildman–Crippen MR) is 107 cm³/mol. The van der Waals surface area contributed by atoms with Crippen LogP contribution in [0.2, 0.25) is 0 Å². The van der Waals surface area contributed by atoms with Gasteiger partial charge in [0.2, 0.25) is 0 Å². The molecule has 4 rings (SSSR count). The van der Waals surface area contributed by atoms with Crippen molar-refractivity contribution < 1.29 is 14.4 Å². The second-order valence-corrected chi connectivity index (χ2v) is 7.70. The molecule has 27 heavy (non-hydrogen) atoms. The van der Waals surface area contributed by atoms with Crippen LogP contribution in [0.1, 0.15) is 5.69 Å². The fourth-order valence-electron chi connectivity index (χ4n) is 2.83. The van der Waals surface area contributed by atoms with Gasteiger partial charge in [-0.3, -0.25) is 9.20 Å². The molecule has 0 radical (unpaired) electrons. The molecule has 1 amide bonds. The number of hydrogen-bond donors (Lipinski definition) is 0. The molecule has 0 atom stereocenters. The first-order chi connectivity index (χ1) is 13.2. The van der Waals surface area contributed by atoms with Crippen LogP contribution >= 0.6 is 27.3 Å².